The predicted molar refractivity (Wildman–Crippen MR) is 172 cm³/mol. The van der Waals surface area contributed by atoms with Crippen molar-refractivity contribution >= 4 is 28.8 Å². The van der Waals surface area contributed by atoms with Crippen molar-refractivity contribution in [1.29, 1.82) is 5.26 Å². The number of piperidine rings is 1. The number of morpholine rings is 1. The molecule has 45 heavy (non-hydrogen) atoms. The summed E-state index contributed by atoms with van der Waals surface area (Å²) in [5, 5.41) is 17.8. The summed E-state index contributed by atoms with van der Waals surface area (Å²) in [5.74, 6) is 1.21. The molecule has 12 heteroatoms. The van der Waals surface area contributed by atoms with Crippen LogP contribution >= 0.6 is 11.6 Å². The molecule has 2 aliphatic rings. The first kappa shape index (κ1) is 30.8. The van der Waals surface area contributed by atoms with Crippen molar-refractivity contribution in [3.8, 4) is 23.1 Å². The summed E-state index contributed by atoms with van der Waals surface area (Å²) in [6, 6.07) is 9.60. The molecular weight excluding hydrogens is 592 g/mol. The number of nitrogens with one attached hydrogen (secondary N) is 1. The fourth-order valence-electron chi connectivity index (χ4n) is 6.04. The lowest BCUT2D eigenvalue weighted by atomic mass is 9.89. The molecule has 1 aromatic carbocycles. The summed E-state index contributed by atoms with van der Waals surface area (Å²) in [6.45, 7) is 11.3. The highest BCUT2D eigenvalue weighted by molar-refractivity contribution is 6.34. The molecule has 5 heterocycles. The van der Waals surface area contributed by atoms with Gasteiger partial charge in [-0.25, -0.2) is 9.50 Å². The minimum atomic E-state index is -0.369. The minimum Gasteiger partial charge on any atom is -0.489 e. The molecule has 2 aliphatic heterocycles. The third kappa shape index (κ3) is 6.59. The Kier molecular flexibility index (Phi) is 8.90. The van der Waals surface area contributed by atoms with Gasteiger partial charge in [0.05, 0.1) is 58.8 Å². The van der Waals surface area contributed by atoms with Crippen molar-refractivity contribution in [2.24, 2.45) is 0 Å². The molecule has 0 saturated carbocycles. The number of pyridine rings is 1. The molecule has 0 radical (unpaired) electrons. The third-order valence-electron chi connectivity index (χ3n) is 8.78. The van der Waals surface area contributed by atoms with Gasteiger partial charge in [-0.3, -0.25) is 14.7 Å². The number of likely N-dealkylation sites (N-methyl/N-ethyl adjacent to an activating group) is 1. The first-order valence-electron chi connectivity index (χ1n) is 15.3. The number of aryl methyl sites for hydroxylation is 1. The molecule has 1 N–H and O–H groups in total. The second-order valence-corrected chi connectivity index (χ2v) is 12.4. The Balaban J connectivity index is 1.15. The van der Waals surface area contributed by atoms with Crippen LogP contribution in [0.15, 0.2) is 49.1 Å². The zero-order valence-electron chi connectivity index (χ0n) is 25.8. The van der Waals surface area contributed by atoms with Gasteiger partial charge in [-0.05, 0) is 50.9 Å². The zero-order valence-corrected chi connectivity index (χ0v) is 26.5. The highest BCUT2D eigenvalue weighted by atomic mass is 35.5. The van der Waals surface area contributed by atoms with E-state index in [4.69, 9.17) is 31.0 Å². The number of nitrogens with zero attached hydrogens (tertiary/aromatic N) is 7. The molecule has 0 bridgehead atoms. The molecule has 6 rings (SSSR count). The molecule has 234 valence electrons. The molecule has 0 aliphatic carbocycles. The summed E-state index contributed by atoms with van der Waals surface area (Å²) < 4.78 is 13.7. The van der Waals surface area contributed by atoms with E-state index in [2.05, 4.69) is 40.1 Å². The Labute approximate surface area is 267 Å². The highest BCUT2D eigenvalue weighted by Gasteiger charge is 2.33. The van der Waals surface area contributed by atoms with Gasteiger partial charge in [0.25, 0.3) is 5.91 Å². The first-order valence-corrected chi connectivity index (χ1v) is 15.7. The number of halogens is 1. The number of benzene rings is 1. The maximum absolute atomic E-state index is 13.1. The molecule has 0 spiro atoms. The topological polar surface area (TPSA) is 121 Å². The molecule has 2 saturated heterocycles. The van der Waals surface area contributed by atoms with Crippen molar-refractivity contribution in [3.05, 3.63) is 70.8 Å². The predicted octanol–water partition coefficient (Wildman–Crippen LogP) is 4.51. The van der Waals surface area contributed by atoms with Crippen LogP contribution in [-0.4, -0.2) is 88.0 Å². The van der Waals surface area contributed by atoms with Crippen LogP contribution in [0.3, 0.4) is 0 Å². The van der Waals surface area contributed by atoms with Crippen LogP contribution in [0.5, 0.6) is 5.75 Å². The second-order valence-electron chi connectivity index (χ2n) is 11.9. The van der Waals surface area contributed by atoms with Crippen LogP contribution in [0.4, 0.5) is 5.82 Å². The number of carbonyl (C=O) groups excluding carboxylic acids is 1. The number of anilines is 1. The number of hydrogen-bond acceptors (Lipinski definition) is 9. The highest BCUT2D eigenvalue weighted by Crippen LogP contribution is 2.31. The normalized spacial score (nSPS) is 18.5. The first-order chi connectivity index (χ1) is 21.8. The van der Waals surface area contributed by atoms with Crippen molar-refractivity contribution in [1.82, 2.24) is 29.8 Å². The van der Waals surface area contributed by atoms with E-state index in [0.717, 1.165) is 43.9 Å². The summed E-state index contributed by atoms with van der Waals surface area (Å²) >= 11 is 6.34. The van der Waals surface area contributed by atoms with Crippen molar-refractivity contribution < 1.29 is 14.3 Å². The van der Waals surface area contributed by atoms with E-state index in [1.54, 1.807) is 35.4 Å². The Morgan fingerprint density at radius 3 is 2.76 bits per heavy atom. The average molecular weight is 629 g/mol. The van der Waals surface area contributed by atoms with Gasteiger partial charge in [-0.2, -0.15) is 10.4 Å². The third-order valence-corrected chi connectivity index (χ3v) is 9.10. The largest absolute Gasteiger partial charge is 0.489 e. The number of carbonyl (C=O) groups is 1. The van der Waals surface area contributed by atoms with E-state index in [-0.39, 0.29) is 17.6 Å². The van der Waals surface area contributed by atoms with E-state index >= 15 is 0 Å². The molecule has 1 atom stereocenters. The fourth-order valence-corrected chi connectivity index (χ4v) is 6.35. The number of ether oxygens (including phenoxy) is 2. The summed E-state index contributed by atoms with van der Waals surface area (Å²) in [7, 11) is 0. The van der Waals surface area contributed by atoms with Crippen LogP contribution in [-0.2, 0) is 4.74 Å². The van der Waals surface area contributed by atoms with Crippen LogP contribution in [0, 0.1) is 18.3 Å². The van der Waals surface area contributed by atoms with Gasteiger partial charge in [0.15, 0.2) is 0 Å². The van der Waals surface area contributed by atoms with Crippen LogP contribution in [0.1, 0.15) is 48.2 Å². The number of hydrogen-bond donors (Lipinski definition) is 1. The lowest BCUT2D eigenvalue weighted by molar-refractivity contribution is -0.0464. The molecule has 4 aromatic rings. The van der Waals surface area contributed by atoms with Crippen molar-refractivity contribution in [2.75, 3.05) is 50.8 Å². The van der Waals surface area contributed by atoms with Crippen molar-refractivity contribution in [3.63, 3.8) is 0 Å². The van der Waals surface area contributed by atoms with Gasteiger partial charge in [0.1, 0.15) is 30.3 Å². The van der Waals surface area contributed by atoms with Crippen LogP contribution in [0.2, 0.25) is 5.02 Å². The molecule has 1 amide bonds. The van der Waals surface area contributed by atoms with Gasteiger partial charge in [0, 0.05) is 37.3 Å². The van der Waals surface area contributed by atoms with E-state index in [9.17, 15) is 10.1 Å². The Hall–Kier alpha value is -4.24. The molecular formula is C33H37ClN8O3. The second kappa shape index (κ2) is 13.0. The lowest BCUT2D eigenvalue weighted by Gasteiger charge is -2.40. The lowest BCUT2D eigenvalue weighted by Crippen LogP contribution is -2.53. The minimum absolute atomic E-state index is 0.0239. The number of nitriles is 1. The summed E-state index contributed by atoms with van der Waals surface area (Å²) in [4.78, 5) is 27.1. The smallest absolute Gasteiger partial charge is 0.253 e. The Morgan fingerprint density at radius 1 is 1.22 bits per heavy atom. The number of rotatable bonds is 8. The van der Waals surface area contributed by atoms with Crippen molar-refractivity contribution in [2.45, 2.75) is 45.3 Å². The van der Waals surface area contributed by atoms with E-state index in [0.29, 0.717) is 65.0 Å². The van der Waals surface area contributed by atoms with Gasteiger partial charge in [-0.15, -0.1) is 0 Å². The number of fused-ring (bicyclic) bond motifs is 1. The average Bonchev–Trinajstić information content (AvgIpc) is 3.47. The van der Waals surface area contributed by atoms with Gasteiger partial charge in [0.2, 0.25) is 0 Å². The van der Waals surface area contributed by atoms with E-state index < -0.39 is 0 Å². The van der Waals surface area contributed by atoms with Gasteiger partial charge >= 0.3 is 0 Å². The van der Waals surface area contributed by atoms with E-state index in [1.807, 2.05) is 25.1 Å². The zero-order chi connectivity index (χ0) is 31.6. The Bertz CT molecular complexity index is 1710. The fraction of sp³-hybridized carbons (Fsp3) is 0.424. The van der Waals surface area contributed by atoms with Gasteiger partial charge in [-0.1, -0.05) is 30.7 Å². The number of amides is 1. The van der Waals surface area contributed by atoms with Gasteiger partial charge < -0.3 is 19.7 Å². The SMILES string of the molecule is CCN1CCO[C@H](COc2cc(-c3cnc(N4CCC(C)(NC(=O)c5c(C)cccc5Cl)CC4)cn3)c3c(C#N)cnn3c2)C1. The number of aromatic nitrogens is 4. The molecule has 3 aromatic heterocycles. The maximum Gasteiger partial charge on any atom is 0.253 e. The molecule has 11 nitrogen and oxygen atoms in total. The molecule has 2 fully saturated rings. The quantitative estimate of drug-likeness (QED) is 0.300. The standard InChI is InChI=1S/C33H37ClN8O3/c1-4-40-12-13-44-25(19-40)21-45-24-14-26(31-23(15-35)16-38-42(31)20-24)28-17-37-29(18-36-28)41-10-8-33(3,9-11-41)39-32(43)30-22(2)6-5-7-27(30)34/h5-7,14,16-18,20,25H,4,8-13,19,21H2,1-3H3,(H,39,43)/t25-/m0/s1. The monoisotopic (exact) mass is 628 g/mol. The molecule has 0 unspecified atom stereocenters. The summed E-state index contributed by atoms with van der Waals surface area (Å²) in [6.07, 6.45) is 8.27. The summed E-state index contributed by atoms with van der Waals surface area (Å²) in [5.41, 5.74) is 3.43. The van der Waals surface area contributed by atoms with Crippen LogP contribution in [0.25, 0.3) is 16.8 Å². The maximum atomic E-state index is 13.1. The van der Waals surface area contributed by atoms with E-state index in [1.165, 1.54) is 0 Å². The Morgan fingerprint density at radius 2 is 2.04 bits per heavy atom. The van der Waals surface area contributed by atoms with Crippen LogP contribution < -0.4 is 15.0 Å².